The molecule has 0 spiro atoms. The molecular formula is C17H16N5O2+. The molecule has 0 radical (unpaired) electrons. The van der Waals surface area contributed by atoms with Gasteiger partial charge in [-0.05, 0) is 18.4 Å². The molecule has 2 aromatic rings. The molecule has 7 nitrogen and oxygen atoms in total. The van der Waals surface area contributed by atoms with Gasteiger partial charge in [-0.3, -0.25) is 5.41 Å². The van der Waals surface area contributed by atoms with Crippen LogP contribution < -0.4 is 4.57 Å². The normalized spacial score (nSPS) is 10.6. The highest BCUT2D eigenvalue weighted by atomic mass is 16.5. The third-order valence-electron chi connectivity index (χ3n) is 3.07. The maximum atomic E-state index is 12.1. The van der Waals surface area contributed by atoms with Gasteiger partial charge in [-0.1, -0.05) is 30.3 Å². The van der Waals surface area contributed by atoms with E-state index in [-0.39, 0.29) is 17.9 Å². The highest BCUT2D eigenvalue weighted by Gasteiger charge is 2.20. The summed E-state index contributed by atoms with van der Waals surface area (Å²) in [6, 6.07) is 11.5. The Bertz CT molecular complexity index is 839. The van der Waals surface area contributed by atoms with E-state index < -0.39 is 5.97 Å². The molecule has 1 heterocycles. The van der Waals surface area contributed by atoms with Crippen LogP contribution >= 0.6 is 0 Å². The van der Waals surface area contributed by atoms with Crippen molar-refractivity contribution in [3.8, 4) is 6.07 Å². The summed E-state index contributed by atoms with van der Waals surface area (Å²) < 4.78 is 8.11. The van der Waals surface area contributed by atoms with Crippen molar-refractivity contribution in [3.63, 3.8) is 0 Å². The van der Waals surface area contributed by atoms with Crippen molar-refractivity contribution >= 4 is 17.5 Å². The van der Waals surface area contributed by atoms with Crippen LogP contribution in [0.4, 0.5) is 0 Å². The number of nitrogens with zero attached hydrogens (tertiary/aromatic N) is 4. The first-order valence-electron chi connectivity index (χ1n) is 7.24. The second-order valence-corrected chi connectivity index (χ2v) is 4.74. The van der Waals surface area contributed by atoms with Gasteiger partial charge in [-0.15, -0.1) is 4.68 Å². The molecule has 1 N–H and O–H groups in total. The van der Waals surface area contributed by atoms with E-state index in [2.05, 4.69) is 5.10 Å². The zero-order valence-electron chi connectivity index (χ0n) is 13.1. The summed E-state index contributed by atoms with van der Waals surface area (Å²) in [4.78, 5) is 12.1. The molecule has 0 fully saturated rings. The fourth-order valence-corrected chi connectivity index (χ4v) is 1.98. The predicted molar refractivity (Wildman–Crippen MR) is 85.7 cm³/mol. The Morgan fingerprint density at radius 1 is 1.46 bits per heavy atom. The number of carbonyl (C=O) groups excluding carboxylic acids is 1. The minimum Gasteiger partial charge on any atom is -0.460 e. The number of esters is 1. The number of hydrogen-bond donors (Lipinski definition) is 1. The summed E-state index contributed by atoms with van der Waals surface area (Å²) in [7, 11) is 0. The number of ether oxygens (including phenoxy) is 1. The average Bonchev–Trinajstić information content (AvgIpc) is 3.05. The lowest BCUT2D eigenvalue weighted by Gasteiger charge is -2.02. The van der Waals surface area contributed by atoms with Crippen molar-refractivity contribution in [2.24, 2.45) is 0 Å². The maximum absolute atomic E-state index is 12.1. The van der Waals surface area contributed by atoms with Crippen LogP contribution in [-0.4, -0.2) is 28.2 Å². The monoisotopic (exact) mass is 322 g/mol. The number of nitriles is 1. The molecule has 0 aliphatic heterocycles. The van der Waals surface area contributed by atoms with E-state index in [9.17, 15) is 4.79 Å². The van der Waals surface area contributed by atoms with Gasteiger partial charge < -0.3 is 4.74 Å². The van der Waals surface area contributed by atoms with Gasteiger partial charge in [0, 0.05) is 11.2 Å². The van der Waals surface area contributed by atoms with E-state index >= 15 is 0 Å². The number of hydrogen-bond acceptors (Lipinski definition) is 5. The van der Waals surface area contributed by atoms with E-state index in [0.717, 1.165) is 5.56 Å². The van der Waals surface area contributed by atoms with Gasteiger partial charge in [0.1, 0.15) is 18.2 Å². The number of allylic oxidation sites excluding steroid dienone is 2. The van der Waals surface area contributed by atoms with Crippen LogP contribution in [0.3, 0.4) is 0 Å². The van der Waals surface area contributed by atoms with E-state index in [1.165, 1.54) is 17.0 Å². The molecule has 7 heteroatoms. The van der Waals surface area contributed by atoms with Gasteiger partial charge >= 0.3 is 5.97 Å². The molecule has 0 aliphatic rings. The fourth-order valence-electron chi connectivity index (χ4n) is 1.98. The molecule has 0 saturated heterocycles. The second kappa shape index (κ2) is 8.22. The van der Waals surface area contributed by atoms with Crippen LogP contribution in [0.5, 0.6) is 0 Å². The Balaban J connectivity index is 2.32. The number of nitrogens with one attached hydrogen (secondary N) is 1. The zero-order valence-corrected chi connectivity index (χ0v) is 13.1. The Hall–Kier alpha value is -3.49. The van der Waals surface area contributed by atoms with Gasteiger partial charge in [0.05, 0.1) is 6.61 Å². The van der Waals surface area contributed by atoms with Crippen LogP contribution in [0.15, 0.2) is 54.6 Å². The van der Waals surface area contributed by atoms with Crippen molar-refractivity contribution in [1.82, 2.24) is 9.78 Å². The number of carbonyl (C=O) groups is 1. The quantitative estimate of drug-likeness (QED) is 0.217. The van der Waals surface area contributed by atoms with E-state index in [0.29, 0.717) is 6.54 Å². The molecule has 0 saturated carbocycles. The molecule has 0 unspecified atom stereocenters. The molecule has 0 amide bonds. The second-order valence-electron chi connectivity index (χ2n) is 4.74. The fraction of sp³-hybridized carbons (Fsp3) is 0.176. The van der Waals surface area contributed by atoms with Crippen LogP contribution in [0.25, 0.3) is 5.70 Å². The van der Waals surface area contributed by atoms with Crippen molar-refractivity contribution < 1.29 is 14.1 Å². The van der Waals surface area contributed by atoms with Crippen LogP contribution in [-0.2, 0) is 16.1 Å². The van der Waals surface area contributed by atoms with Crippen LogP contribution in [0, 0.1) is 16.7 Å². The Morgan fingerprint density at radius 3 is 2.83 bits per heavy atom. The van der Waals surface area contributed by atoms with Gasteiger partial charge in [0.2, 0.25) is 6.33 Å². The first-order chi connectivity index (χ1) is 11.7. The zero-order chi connectivity index (χ0) is 17.4. The Kier molecular flexibility index (Phi) is 5.78. The highest BCUT2D eigenvalue weighted by molar-refractivity contribution is 6.07. The summed E-state index contributed by atoms with van der Waals surface area (Å²) >= 11 is 0. The first kappa shape index (κ1) is 16.9. The lowest BCUT2D eigenvalue weighted by atomic mass is 10.2. The maximum Gasteiger partial charge on any atom is 0.370 e. The molecule has 0 aliphatic carbocycles. The van der Waals surface area contributed by atoms with Crippen LogP contribution in [0.1, 0.15) is 12.5 Å². The molecule has 24 heavy (non-hydrogen) atoms. The lowest BCUT2D eigenvalue weighted by molar-refractivity contribution is -0.579. The Labute approximate surface area is 139 Å². The third kappa shape index (κ3) is 4.26. The standard InChI is InChI=1S/C17H16N5O2/c1-2-24-17(23)16(8-15(9-18)10-19)21-12-20-22(13-21)11-14-6-4-3-5-7-14/h3-8,12-13,18H,2,11H2,1H3/q+1/b16-8-. The SMILES string of the molecule is CCOC(=O)/C(=C/C(=C=N)C#N)[n+]1cnn(Cc2ccccc2)c1. The summed E-state index contributed by atoms with van der Waals surface area (Å²) in [5.41, 5.74) is 1.07. The summed E-state index contributed by atoms with van der Waals surface area (Å²) in [6.07, 6.45) is 4.32. The van der Waals surface area contributed by atoms with Crippen molar-refractivity contribution in [3.05, 3.63) is 60.2 Å². The van der Waals surface area contributed by atoms with E-state index in [4.69, 9.17) is 15.4 Å². The lowest BCUT2D eigenvalue weighted by Crippen LogP contribution is -2.35. The number of aromatic nitrogens is 3. The van der Waals surface area contributed by atoms with Gasteiger partial charge in [0.25, 0.3) is 6.33 Å². The number of rotatable bonds is 6. The van der Waals surface area contributed by atoms with Gasteiger partial charge in [-0.2, -0.15) is 9.83 Å². The summed E-state index contributed by atoms with van der Waals surface area (Å²) in [5, 5.41) is 20.2. The van der Waals surface area contributed by atoms with Crippen molar-refractivity contribution in [2.45, 2.75) is 13.5 Å². The van der Waals surface area contributed by atoms with Gasteiger partial charge in [0.15, 0.2) is 5.70 Å². The minimum atomic E-state index is -0.607. The molecule has 0 atom stereocenters. The van der Waals surface area contributed by atoms with E-state index in [1.54, 1.807) is 24.0 Å². The first-order valence-corrected chi connectivity index (χ1v) is 7.24. The van der Waals surface area contributed by atoms with Crippen molar-refractivity contribution in [1.29, 1.82) is 10.7 Å². The van der Waals surface area contributed by atoms with E-state index in [1.807, 2.05) is 36.2 Å². The average molecular weight is 322 g/mol. The predicted octanol–water partition coefficient (Wildman–Crippen LogP) is 1.32. The highest BCUT2D eigenvalue weighted by Crippen LogP contribution is 2.04. The molecular weight excluding hydrogens is 306 g/mol. The summed E-state index contributed by atoms with van der Waals surface area (Å²) in [6.45, 7) is 2.43. The van der Waals surface area contributed by atoms with Crippen molar-refractivity contribution in [2.75, 3.05) is 6.61 Å². The molecule has 1 aromatic carbocycles. The molecule has 1 aromatic heterocycles. The van der Waals surface area contributed by atoms with Crippen LogP contribution in [0.2, 0.25) is 0 Å². The minimum absolute atomic E-state index is 0.0821. The Morgan fingerprint density at radius 2 is 2.21 bits per heavy atom. The number of benzene rings is 1. The third-order valence-corrected chi connectivity index (χ3v) is 3.07. The summed E-state index contributed by atoms with van der Waals surface area (Å²) in [5.74, 6) is 1.37. The molecule has 0 bridgehead atoms. The largest absolute Gasteiger partial charge is 0.460 e. The van der Waals surface area contributed by atoms with Gasteiger partial charge in [-0.25, -0.2) is 4.79 Å². The molecule has 2 rings (SSSR count). The molecule has 120 valence electrons. The smallest absolute Gasteiger partial charge is 0.370 e. The topological polar surface area (TPSA) is 95.6 Å².